The minimum Gasteiger partial charge on any atom is -0.480 e. The topological polar surface area (TPSA) is 113 Å². The molecule has 1 unspecified atom stereocenters. The number of nitrogens with one attached hydrogen (secondary N) is 1. The summed E-state index contributed by atoms with van der Waals surface area (Å²) in [5.41, 5.74) is -0.0494. The Kier molecular flexibility index (Phi) is 4.63. The molecule has 1 amide bonds. The zero-order valence-electron chi connectivity index (χ0n) is 11.3. The number of carbonyl (C=O) groups is 2. The highest BCUT2D eigenvalue weighted by Gasteiger charge is 2.21. The highest BCUT2D eigenvalue weighted by Crippen LogP contribution is 2.26. The van der Waals surface area contributed by atoms with Gasteiger partial charge in [-0.1, -0.05) is 0 Å². The molecular weight excluding hydrogens is 266 g/mol. The molecule has 0 saturated carbocycles. The van der Waals surface area contributed by atoms with Crippen molar-refractivity contribution in [3.63, 3.8) is 0 Å². The van der Waals surface area contributed by atoms with Crippen LogP contribution in [0.4, 0.5) is 11.4 Å². The van der Waals surface area contributed by atoms with Gasteiger partial charge in [0.2, 0.25) is 0 Å². The van der Waals surface area contributed by atoms with Crippen LogP contribution in [0.1, 0.15) is 17.3 Å². The van der Waals surface area contributed by atoms with E-state index >= 15 is 0 Å². The molecule has 0 aromatic heterocycles. The molecule has 1 rings (SSSR count). The lowest BCUT2D eigenvalue weighted by molar-refractivity contribution is -0.384. The second-order valence-corrected chi connectivity index (χ2v) is 4.39. The fourth-order valence-corrected chi connectivity index (χ4v) is 1.50. The molecule has 0 heterocycles. The number of benzene rings is 1. The van der Waals surface area contributed by atoms with Crippen molar-refractivity contribution in [2.75, 3.05) is 19.4 Å². The molecule has 0 aliphatic rings. The van der Waals surface area contributed by atoms with Gasteiger partial charge < -0.3 is 15.3 Å². The first-order valence-electron chi connectivity index (χ1n) is 5.73. The average Bonchev–Trinajstić information content (AvgIpc) is 2.37. The summed E-state index contributed by atoms with van der Waals surface area (Å²) in [6.07, 6.45) is 0. The SMILES string of the molecule is CC(Nc1cc(C(=O)N(C)C)ccc1[N+](=O)[O-])C(=O)O. The molecule has 0 spiro atoms. The lowest BCUT2D eigenvalue weighted by Crippen LogP contribution is -2.26. The van der Waals surface area contributed by atoms with Gasteiger partial charge in [0.15, 0.2) is 0 Å². The van der Waals surface area contributed by atoms with Gasteiger partial charge in [-0.3, -0.25) is 19.7 Å². The molecule has 8 nitrogen and oxygen atoms in total. The van der Waals surface area contributed by atoms with Crippen molar-refractivity contribution in [2.24, 2.45) is 0 Å². The molecular formula is C12H15N3O5. The fourth-order valence-electron chi connectivity index (χ4n) is 1.50. The molecule has 20 heavy (non-hydrogen) atoms. The molecule has 2 N–H and O–H groups in total. The number of nitro groups is 1. The molecule has 0 saturated heterocycles. The summed E-state index contributed by atoms with van der Waals surface area (Å²) in [5.74, 6) is -1.48. The summed E-state index contributed by atoms with van der Waals surface area (Å²) in [5, 5.41) is 22.3. The lowest BCUT2D eigenvalue weighted by atomic mass is 10.1. The largest absolute Gasteiger partial charge is 0.480 e. The van der Waals surface area contributed by atoms with Crippen LogP contribution in [0, 0.1) is 10.1 Å². The van der Waals surface area contributed by atoms with Crippen molar-refractivity contribution in [3.8, 4) is 0 Å². The molecule has 0 radical (unpaired) electrons. The monoisotopic (exact) mass is 281 g/mol. The van der Waals surface area contributed by atoms with Gasteiger partial charge in [0, 0.05) is 25.7 Å². The van der Waals surface area contributed by atoms with Crippen molar-refractivity contribution < 1.29 is 19.6 Å². The summed E-state index contributed by atoms with van der Waals surface area (Å²) in [6, 6.07) is 2.77. The van der Waals surface area contributed by atoms with Gasteiger partial charge in [-0.15, -0.1) is 0 Å². The van der Waals surface area contributed by atoms with E-state index in [-0.39, 0.29) is 22.8 Å². The van der Waals surface area contributed by atoms with Gasteiger partial charge in [0.05, 0.1) is 4.92 Å². The zero-order valence-corrected chi connectivity index (χ0v) is 11.3. The van der Waals surface area contributed by atoms with Crippen molar-refractivity contribution in [2.45, 2.75) is 13.0 Å². The fraction of sp³-hybridized carbons (Fsp3) is 0.333. The predicted molar refractivity (Wildman–Crippen MR) is 71.8 cm³/mol. The van der Waals surface area contributed by atoms with E-state index in [1.807, 2.05) is 0 Å². The van der Waals surface area contributed by atoms with Gasteiger partial charge in [-0.2, -0.15) is 0 Å². The Morgan fingerprint density at radius 1 is 1.40 bits per heavy atom. The smallest absolute Gasteiger partial charge is 0.325 e. The van der Waals surface area contributed by atoms with Crippen LogP contribution in [-0.2, 0) is 4.79 Å². The van der Waals surface area contributed by atoms with Gasteiger partial charge >= 0.3 is 5.97 Å². The minimum absolute atomic E-state index is 0.00222. The molecule has 0 aliphatic carbocycles. The first-order chi connectivity index (χ1) is 9.23. The number of aliphatic carboxylic acids is 1. The van der Waals surface area contributed by atoms with Crippen LogP contribution >= 0.6 is 0 Å². The molecule has 0 bridgehead atoms. The maximum Gasteiger partial charge on any atom is 0.325 e. The number of rotatable bonds is 5. The number of hydrogen-bond donors (Lipinski definition) is 2. The summed E-state index contributed by atoms with van der Waals surface area (Å²) >= 11 is 0. The number of hydrogen-bond acceptors (Lipinski definition) is 5. The van der Waals surface area contributed by atoms with E-state index in [0.29, 0.717) is 0 Å². The summed E-state index contributed by atoms with van der Waals surface area (Å²) in [4.78, 5) is 34.2. The Labute approximate surface area is 115 Å². The van der Waals surface area contributed by atoms with Crippen LogP contribution in [0.25, 0.3) is 0 Å². The molecule has 0 aliphatic heterocycles. The quantitative estimate of drug-likeness (QED) is 0.619. The Balaban J connectivity index is 3.22. The number of carboxylic acids is 1. The van der Waals surface area contributed by atoms with Crippen molar-refractivity contribution in [3.05, 3.63) is 33.9 Å². The van der Waals surface area contributed by atoms with E-state index in [9.17, 15) is 19.7 Å². The Bertz CT molecular complexity index is 556. The maximum atomic E-state index is 11.8. The van der Waals surface area contributed by atoms with Gasteiger partial charge in [-0.05, 0) is 19.1 Å². The van der Waals surface area contributed by atoms with E-state index in [1.165, 1.54) is 30.0 Å². The molecule has 1 aromatic carbocycles. The van der Waals surface area contributed by atoms with Gasteiger partial charge in [-0.25, -0.2) is 0 Å². The normalized spacial score (nSPS) is 11.6. The Hall–Kier alpha value is -2.64. The number of nitro benzene ring substituents is 1. The number of carboxylic acid groups (broad SMARTS) is 1. The average molecular weight is 281 g/mol. The minimum atomic E-state index is -1.15. The Morgan fingerprint density at radius 3 is 2.45 bits per heavy atom. The van der Waals surface area contributed by atoms with Crippen LogP contribution in [0.2, 0.25) is 0 Å². The van der Waals surface area contributed by atoms with Crippen LogP contribution < -0.4 is 5.32 Å². The first-order valence-corrected chi connectivity index (χ1v) is 5.73. The summed E-state index contributed by atoms with van der Waals surface area (Å²) < 4.78 is 0. The number of amides is 1. The van der Waals surface area contributed by atoms with Crippen molar-refractivity contribution in [1.82, 2.24) is 4.90 Å². The second kappa shape index (κ2) is 6.00. The number of nitrogens with zero attached hydrogens (tertiary/aromatic N) is 2. The van der Waals surface area contributed by atoms with Crippen molar-refractivity contribution >= 4 is 23.3 Å². The second-order valence-electron chi connectivity index (χ2n) is 4.39. The van der Waals surface area contributed by atoms with E-state index in [2.05, 4.69) is 5.32 Å². The third kappa shape index (κ3) is 3.44. The third-order valence-electron chi connectivity index (χ3n) is 2.59. The van der Waals surface area contributed by atoms with Crippen LogP contribution in [0.5, 0.6) is 0 Å². The first kappa shape index (κ1) is 15.4. The molecule has 8 heteroatoms. The summed E-state index contributed by atoms with van der Waals surface area (Å²) in [6.45, 7) is 1.35. The zero-order chi connectivity index (χ0) is 15.4. The maximum absolute atomic E-state index is 11.8. The summed E-state index contributed by atoms with van der Waals surface area (Å²) in [7, 11) is 3.10. The molecule has 108 valence electrons. The van der Waals surface area contributed by atoms with Gasteiger partial charge in [0.1, 0.15) is 11.7 Å². The van der Waals surface area contributed by atoms with E-state index in [4.69, 9.17) is 5.11 Å². The lowest BCUT2D eigenvalue weighted by Gasteiger charge is -2.14. The van der Waals surface area contributed by atoms with Crippen LogP contribution in [0.3, 0.4) is 0 Å². The molecule has 1 atom stereocenters. The van der Waals surface area contributed by atoms with Gasteiger partial charge in [0.25, 0.3) is 11.6 Å². The molecule has 1 aromatic rings. The standard InChI is InChI=1S/C12H15N3O5/c1-7(12(17)18)13-9-6-8(11(16)14(2)3)4-5-10(9)15(19)20/h4-7,13H,1-3H3,(H,17,18). The molecule has 0 fully saturated rings. The number of carbonyl (C=O) groups excluding carboxylic acids is 1. The van der Waals surface area contributed by atoms with Crippen LogP contribution in [0.15, 0.2) is 18.2 Å². The van der Waals surface area contributed by atoms with E-state index in [1.54, 1.807) is 14.1 Å². The highest BCUT2D eigenvalue weighted by atomic mass is 16.6. The Morgan fingerprint density at radius 2 is 2.00 bits per heavy atom. The van der Waals surface area contributed by atoms with Crippen LogP contribution in [-0.4, -0.2) is 46.9 Å². The van der Waals surface area contributed by atoms with E-state index in [0.717, 1.165) is 0 Å². The van der Waals surface area contributed by atoms with E-state index < -0.39 is 16.9 Å². The van der Waals surface area contributed by atoms with Crippen molar-refractivity contribution in [1.29, 1.82) is 0 Å². The predicted octanol–water partition coefficient (Wildman–Crippen LogP) is 1.18. The highest BCUT2D eigenvalue weighted by molar-refractivity contribution is 5.95. The third-order valence-corrected chi connectivity index (χ3v) is 2.59. The number of anilines is 1.